The van der Waals surface area contributed by atoms with E-state index in [2.05, 4.69) is 0 Å². The van der Waals surface area contributed by atoms with E-state index in [1.807, 2.05) is 18.2 Å². The number of halogens is 2. The van der Waals surface area contributed by atoms with E-state index in [-0.39, 0.29) is 23.9 Å². The number of amides is 2. The predicted molar refractivity (Wildman–Crippen MR) is 124 cm³/mol. The van der Waals surface area contributed by atoms with Crippen molar-refractivity contribution < 1.29 is 14.0 Å². The van der Waals surface area contributed by atoms with Crippen molar-refractivity contribution in [3.05, 3.63) is 104 Å². The van der Waals surface area contributed by atoms with Crippen LogP contribution in [0, 0.1) is 12.7 Å². The third kappa shape index (κ3) is 4.98. The Bertz CT molecular complexity index is 1270. The monoisotopic (exact) mass is 467 g/mol. The van der Waals surface area contributed by atoms with E-state index in [9.17, 15) is 18.8 Å². The van der Waals surface area contributed by atoms with Crippen LogP contribution in [0.25, 0.3) is 0 Å². The molecule has 2 heterocycles. The van der Waals surface area contributed by atoms with Crippen molar-refractivity contribution in [3.8, 4) is 0 Å². The standard InChI is InChI=1S/C25H23ClFN3O3/c1-17-6-7-18(14-22(17)27)24(32)28-10-12-29(13-11-28)25(33)20-8-9-23(31)30(16-20)15-19-4-2-3-5-21(19)26/h2-9,14,16H,10-13,15H2,1H3. The van der Waals surface area contributed by atoms with Crippen LogP contribution in [-0.2, 0) is 6.54 Å². The molecule has 0 atom stereocenters. The van der Waals surface area contributed by atoms with E-state index in [4.69, 9.17) is 11.6 Å². The summed E-state index contributed by atoms with van der Waals surface area (Å²) in [6.45, 7) is 3.30. The minimum absolute atomic E-state index is 0.212. The molecule has 1 aliphatic heterocycles. The number of benzene rings is 2. The molecule has 0 unspecified atom stereocenters. The van der Waals surface area contributed by atoms with Crippen LogP contribution in [0.3, 0.4) is 0 Å². The van der Waals surface area contributed by atoms with Gasteiger partial charge in [0.15, 0.2) is 0 Å². The van der Waals surface area contributed by atoms with Gasteiger partial charge in [-0.3, -0.25) is 14.4 Å². The largest absolute Gasteiger partial charge is 0.335 e. The van der Waals surface area contributed by atoms with Crippen LogP contribution in [0.2, 0.25) is 5.02 Å². The molecule has 1 saturated heterocycles. The first-order valence-electron chi connectivity index (χ1n) is 10.6. The molecule has 0 saturated carbocycles. The van der Waals surface area contributed by atoms with Crippen molar-refractivity contribution in [3.63, 3.8) is 0 Å². The molecule has 0 radical (unpaired) electrons. The van der Waals surface area contributed by atoms with Crippen molar-refractivity contribution in [2.45, 2.75) is 13.5 Å². The number of piperazine rings is 1. The first kappa shape index (κ1) is 22.7. The highest BCUT2D eigenvalue weighted by Gasteiger charge is 2.26. The van der Waals surface area contributed by atoms with Crippen molar-refractivity contribution in [2.24, 2.45) is 0 Å². The van der Waals surface area contributed by atoms with Crippen molar-refractivity contribution >= 4 is 23.4 Å². The molecule has 0 bridgehead atoms. The number of aromatic nitrogens is 1. The van der Waals surface area contributed by atoms with Gasteiger partial charge in [0.2, 0.25) is 0 Å². The lowest BCUT2D eigenvalue weighted by Gasteiger charge is -2.35. The summed E-state index contributed by atoms with van der Waals surface area (Å²) >= 11 is 6.21. The quantitative estimate of drug-likeness (QED) is 0.589. The molecule has 1 aromatic heterocycles. The molecule has 8 heteroatoms. The van der Waals surface area contributed by atoms with Crippen LogP contribution in [-0.4, -0.2) is 52.4 Å². The number of nitrogens with zero attached hydrogens (tertiary/aromatic N) is 3. The van der Waals surface area contributed by atoms with Crippen LogP contribution < -0.4 is 5.56 Å². The Kier molecular flexibility index (Phi) is 6.60. The molecule has 0 aliphatic carbocycles. The summed E-state index contributed by atoms with van der Waals surface area (Å²) in [6.07, 6.45) is 1.54. The van der Waals surface area contributed by atoms with E-state index in [1.54, 1.807) is 41.1 Å². The summed E-state index contributed by atoms with van der Waals surface area (Å²) in [5.41, 5.74) is 1.72. The Labute approximate surface area is 195 Å². The first-order valence-corrected chi connectivity index (χ1v) is 11.0. The normalized spacial score (nSPS) is 13.8. The number of pyridine rings is 1. The molecule has 3 aromatic rings. The molecule has 2 amide bonds. The molecule has 0 spiro atoms. The summed E-state index contributed by atoms with van der Waals surface area (Å²) in [5, 5.41) is 0.551. The minimum Gasteiger partial charge on any atom is -0.335 e. The Balaban J connectivity index is 1.43. The van der Waals surface area contributed by atoms with Gasteiger partial charge in [0.05, 0.1) is 12.1 Å². The molecule has 4 rings (SSSR count). The average molecular weight is 468 g/mol. The highest BCUT2D eigenvalue weighted by atomic mass is 35.5. The van der Waals surface area contributed by atoms with Crippen LogP contribution in [0.15, 0.2) is 65.6 Å². The molecular formula is C25H23ClFN3O3. The van der Waals surface area contributed by atoms with E-state index in [0.717, 1.165) is 5.56 Å². The highest BCUT2D eigenvalue weighted by molar-refractivity contribution is 6.31. The van der Waals surface area contributed by atoms with Gasteiger partial charge < -0.3 is 14.4 Å². The fourth-order valence-electron chi connectivity index (χ4n) is 3.80. The maximum atomic E-state index is 13.8. The molecule has 170 valence electrons. The zero-order valence-corrected chi connectivity index (χ0v) is 18.9. The lowest BCUT2D eigenvalue weighted by molar-refractivity contribution is 0.0534. The van der Waals surface area contributed by atoms with Crippen LogP contribution in [0.4, 0.5) is 4.39 Å². The Morgan fingerprint density at radius 3 is 2.15 bits per heavy atom. The van der Waals surface area contributed by atoms with Gasteiger partial charge in [0, 0.05) is 49.0 Å². The molecular weight excluding hydrogens is 445 g/mol. The van der Waals surface area contributed by atoms with Crippen molar-refractivity contribution in [1.29, 1.82) is 0 Å². The summed E-state index contributed by atoms with van der Waals surface area (Å²) in [5.74, 6) is -0.882. The van der Waals surface area contributed by atoms with Gasteiger partial charge >= 0.3 is 0 Å². The van der Waals surface area contributed by atoms with Gasteiger partial charge in [-0.05, 0) is 42.3 Å². The molecule has 6 nitrogen and oxygen atoms in total. The second-order valence-electron chi connectivity index (χ2n) is 8.02. The second-order valence-corrected chi connectivity index (χ2v) is 8.43. The molecule has 0 N–H and O–H groups in total. The summed E-state index contributed by atoms with van der Waals surface area (Å²) in [4.78, 5) is 41.3. The molecule has 1 fully saturated rings. The lowest BCUT2D eigenvalue weighted by Crippen LogP contribution is -2.50. The number of hydrogen-bond acceptors (Lipinski definition) is 3. The highest BCUT2D eigenvalue weighted by Crippen LogP contribution is 2.17. The van der Waals surface area contributed by atoms with E-state index in [1.165, 1.54) is 22.8 Å². The summed E-state index contributed by atoms with van der Waals surface area (Å²) in [7, 11) is 0. The smallest absolute Gasteiger partial charge is 0.255 e. The maximum Gasteiger partial charge on any atom is 0.255 e. The zero-order chi connectivity index (χ0) is 23.5. The fraction of sp³-hybridized carbons (Fsp3) is 0.240. The third-order valence-corrected chi connectivity index (χ3v) is 6.17. The number of carbonyl (C=O) groups is 2. The van der Waals surface area contributed by atoms with Gasteiger partial charge in [0.25, 0.3) is 17.4 Å². The summed E-state index contributed by atoms with van der Waals surface area (Å²) < 4.78 is 15.3. The van der Waals surface area contributed by atoms with Gasteiger partial charge in [-0.1, -0.05) is 35.9 Å². The Hall–Kier alpha value is -3.45. The first-order chi connectivity index (χ1) is 15.8. The fourth-order valence-corrected chi connectivity index (χ4v) is 3.99. The van der Waals surface area contributed by atoms with Crippen LogP contribution in [0.1, 0.15) is 31.8 Å². The van der Waals surface area contributed by atoms with Gasteiger partial charge in [0.1, 0.15) is 5.82 Å². The second kappa shape index (κ2) is 9.58. The predicted octanol–water partition coefficient (Wildman–Crippen LogP) is 3.60. The van der Waals surface area contributed by atoms with Gasteiger partial charge in [-0.15, -0.1) is 0 Å². The molecule has 33 heavy (non-hydrogen) atoms. The zero-order valence-electron chi connectivity index (χ0n) is 18.1. The van der Waals surface area contributed by atoms with Crippen molar-refractivity contribution in [1.82, 2.24) is 14.4 Å². The molecule has 1 aliphatic rings. The Morgan fingerprint density at radius 1 is 0.909 bits per heavy atom. The van der Waals surface area contributed by atoms with Gasteiger partial charge in [-0.2, -0.15) is 0 Å². The van der Waals surface area contributed by atoms with Gasteiger partial charge in [-0.25, -0.2) is 4.39 Å². The SMILES string of the molecule is Cc1ccc(C(=O)N2CCN(C(=O)c3ccc(=O)n(Cc4ccccc4Cl)c3)CC2)cc1F. The lowest BCUT2D eigenvalue weighted by atomic mass is 10.1. The van der Waals surface area contributed by atoms with Crippen LogP contribution >= 0.6 is 11.6 Å². The third-order valence-electron chi connectivity index (χ3n) is 5.80. The molecule has 2 aromatic carbocycles. The van der Waals surface area contributed by atoms with E-state index in [0.29, 0.717) is 47.9 Å². The number of aryl methyl sites for hydroxylation is 1. The topological polar surface area (TPSA) is 62.6 Å². The average Bonchev–Trinajstić information content (AvgIpc) is 2.83. The van der Waals surface area contributed by atoms with Crippen molar-refractivity contribution in [2.75, 3.05) is 26.2 Å². The van der Waals surface area contributed by atoms with Crippen LogP contribution in [0.5, 0.6) is 0 Å². The Morgan fingerprint density at radius 2 is 1.52 bits per heavy atom. The number of carbonyl (C=O) groups excluding carboxylic acids is 2. The summed E-state index contributed by atoms with van der Waals surface area (Å²) in [6, 6.07) is 14.6. The minimum atomic E-state index is -0.415. The number of rotatable bonds is 4. The maximum absolute atomic E-state index is 13.8. The number of hydrogen-bond donors (Lipinski definition) is 0. The van der Waals surface area contributed by atoms with E-state index < -0.39 is 5.82 Å². The van der Waals surface area contributed by atoms with E-state index >= 15 is 0 Å².